The lowest BCUT2D eigenvalue weighted by Crippen LogP contribution is -2.40. The first-order chi connectivity index (χ1) is 16.0. The summed E-state index contributed by atoms with van der Waals surface area (Å²) in [5.41, 5.74) is -1.03. The number of benzene rings is 2. The molecule has 33 heavy (non-hydrogen) atoms. The van der Waals surface area contributed by atoms with Gasteiger partial charge in [-0.3, -0.25) is 9.36 Å². The van der Waals surface area contributed by atoms with E-state index >= 15 is 0 Å². The number of amides is 1. The number of rotatable bonds is 8. The van der Waals surface area contributed by atoms with Gasteiger partial charge in [-0.05, 0) is 55.3 Å². The van der Waals surface area contributed by atoms with E-state index in [1.165, 1.54) is 10.8 Å². The predicted octanol–water partition coefficient (Wildman–Crippen LogP) is 2.62. The van der Waals surface area contributed by atoms with Gasteiger partial charge in [0, 0.05) is 11.8 Å². The third kappa shape index (κ3) is 5.21. The van der Waals surface area contributed by atoms with Crippen LogP contribution < -0.4 is 20.5 Å². The number of nitrogens with zero attached hydrogens (tertiary/aromatic N) is 2. The zero-order valence-electron chi connectivity index (χ0n) is 18.1. The van der Waals surface area contributed by atoms with Crippen LogP contribution in [0.25, 0.3) is 0 Å². The number of hydrogen-bond acceptors (Lipinski definition) is 7. The summed E-state index contributed by atoms with van der Waals surface area (Å²) in [6, 6.07) is 17.3. The topological polar surface area (TPSA) is 112 Å². The van der Waals surface area contributed by atoms with E-state index in [2.05, 4.69) is 10.3 Å². The molecule has 4 rings (SSSR count). The molecular weight excluding hydrogens is 426 g/mol. The van der Waals surface area contributed by atoms with E-state index < -0.39 is 17.5 Å². The Morgan fingerprint density at radius 3 is 2.58 bits per heavy atom. The third-order valence-corrected chi connectivity index (χ3v) is 5.50. The van der Waals surface area contributed by atoms with Crippen LogP contribution in [0.3, 0.4) is 0 Å². The van der Waals surface area contributed by atoms with E-state index in [1.54, 1.807) is 61.7 Å². The Balaban J connectivity index is 1.40. The molecule has 1 aliphatic rings. The molecule has 2 atom stereocenters. The summed E-state index contributed by atoms with van der Waals surface area (Å²) >= 11 is 0. The normalized spacial score (nSPS) is 19.8. The van der Waals surface area contributed by atoms with Crippen molar-refractivity contribution in [2.75, 3.05) is 25.6 Å². The van der Waals surface area contributed by atoms with Crippen LogP contribution in [0.4, 0.5) is 5.82 Å². The standard InChI is InChI=1S/C24H25N3O6/c1-31-18-7-9-19(10-8-18)32-16-24(15-28)13-11-21(33-24)27-14-12-20(26-23(27)30)25-22(29)17-5-3-2-4-6-17/h2-10,12,14,21,28H,11,13,15-16H2,1H3,(H,25,26,29,30)/t21-,24+/m1/s1. The Morgan fingerprint density at radius 2 is 1.91 bits per heavy atom. The molecule has 1 aromatic heterocycles. The smallest absolute Gasteiger partial charge is 0.351 e. The van der Waals surface area contributed by atoms with Gasteiger partial charge in [0.05, 0.1) is 13.7 Å². The number of hydrogen-bond donors (Lipinski definition) is 2. The van der Waals surface area contributed by atoms with Crippen LogP contribution in [0, 0.1) is 0 Å². The minimum atomic E-state index is -0.940. The fourth-order valence-corrected chi connectivity index (χ4v) is 3.62. The molecule has 0 unspecified atom stereocenters. The molecule has 9 nitrogen and oxygen atoms in total. The van der Waals surface area contributed by atoms with Crippen molar-refractivity contribution in [3.8, 4) is 11.5 Å². The number of aromatic nitrogens is 2. The Labute approximate surface area is 190 Å². The Bertz CT molecular complexity index is 1150. The molecule has 1 aliphatic heterocycles. The summed E-state index contributed by atoms with van der Waals surface area (Å²) in [5, 5.41) is 12.6. The van der Waals surface area contributed by atoms with Gasteiger partial charge in [-0.1, -0.05) is 18.2 Å². The molecule has 172 valence electrons. The van der Waals surface area contributed by atoms with Crippen molar-refractivity contribution in [1.29, 1.82) is 0 Å². The van der Waals surface area contributed by atoms with E-state index in [0.29, 0.717) is 29.9 Å². The van der Waals surface area contributed by atoms with Gasteiger partial charge in [0.15, 0.2) is 0 Å². The van der Waals surface area contributed by atoms with E-state index in [9.17, 15) is 14.7 Å². The van der Waals surface area contributed by atoms with Crippen molar-refractivity contribution in [1.82, 2.24) is 9.55 Å². The number of anilines is 1. The fourth-order valence-electron chi connectivity index (χ4n) is 3.62. The van der Waals surface area contributed by atoms with Gasteiger partial charge in [0.2, 0.25) is 0 Å². The molecule has 2 aromatic carbocycles. The summed E-state index contributed by atoms with van der Waals surface area (Å²) in [4.78, 5) is 28.8. The van der Waals surface area contributed by atoms with Crippen molar-refractivity contribution in [3.05, 3.63) is 82.9 Å². The minimum Gasteiger partial charge on any atom is -0.497 e. The maximum atomic E-state index is 12.6. The zero-order chi connectivity index (χ0) is 23.3. The van der Waals surface area contributed by atoms with Gasteiger partial charge < -0.3 is 24.6 Å². The van der Waals surface area contributed by atoms with E-state index in [-0.39, 0.29) is 24.9 Å². The Kier molecular flexibility index (Phi) is 6.71. The van der Waals surface area contributed by atoms with Crippen LogP contribution in [-0.2, 0) is 4.74 Å². The molecule has 9 heteroatoms. The number of nitrogens with one attached hydrogen (secondary N) is 1. The fraction of sp³-hybridized carbons (Fsp3) is 0.292. The number of ether oxygens (including phenoxy) is 3. The van der Waals surface area contributed by atoms with Crippen molar-refractivity contribution >= 4 is 11.7 Å². The number of aliphatic hydroxyl groups is 1. The van der Waals surface area contributed by atoms with Crippen LogP contribution in [0.1, 0.15) is 29.4 Å². The number of carbonyl (C=O) groups is 1. The first kappa shape index (κ1) is 22.5. The summed E-state index contributed by atoms with van der Waals surface area (Å²) < 4.78 is 18.4. The molecule has 2 N–H and O–H groups in total. The first-order valence-electron chi connectivity index (χ1n) is 10.5. The molecule has 1 amide bonds. The van der Waals surface area contributed by atoms with Crippen molar-refractivity contribution in [2.45, 2.75) is 24.7 Å². The highest BCUT2D eigenvalue weighted by Crippen LogP contribution is 2.36. The quantitative estimate of drug-likeness (QED) is 0.541. The second-order valence-corrected chi connectivity index (χ2v) is 7.74. The monoisotopic (exact) mass is 451 g/mol. The SMILES string of the molecule is COc1ccc(OC[C@@]2(CO)CC[C@H](n3ccc(NC(=O)c4ccccc4)nc3=O)O2)cc1. The molecule has 0 spiro atoms. The van der Waals surface area contributed by atoms with Crippen molar-refractivity contribution < 1.29 is 24.1 Å². The second-order valence-electron chi connectivity index (χ2n) is 7.74. The lowest BCUT2D eigenvalue weighted by molar-refractivity contribution is -0.117. The number of methoxy groups -OCH3 is 1. The van der Waals surface area contributed by atoms with Crippen LogP contribution in [-0.4, -0.2) is 46.5 Å². The largest absolute Gasteiger partial charge is 0.497 e. The minimum absolute atomic E-state index is 0.125. The maximum Gasteiger partial charge on any atom is 0.351 e. The van der Waals surface area contributed by atoms with E-state index in [0.717, 1.165) is 0 Å². The van der Waals surface area contributed by atoms with Gasteiger partial charge in [-0.15, -0.1) is 0 Å². The molecule has 0 radical (unpaired) electrons. The summed E-state index contributed by atoms with van der Waals surface area (Å²) in [6.07, 6.45) is 1.93. The molecule has 0 aliphatic carbocycles. The van der Waals surface area contributed by atoms with Gasteiger partial charge in [0.25, 0.3) is 5.91 Å². The molecule has 0 bridgehead atoms. The number of aliphatic hydroxyl groups excluding tert-OH is 1. The molecule has 1 saturated heterocycles. The van der Waals surface area contributed by atoms with E-state index in [1.807, 2.05) is 6.07 Å². The highest BCUT2D eigenvalue weighted by Gasteiger charge is 2.42. The second kappa shape index (κ2) is 9.85. The van der Waals surface area contributed by atoms with Crippen LogP contribution >= 0.6 is 0 Å². The van der Waals surface area contributed by atoms with Gasteiger partial charge in [0.1, 0.15) is 35.8 Å². The van der Waals surface area contributed by atoms with Gasteiger partial charge in [-0.25, -0.2) is 4.79 Å². The number of carbonyl (C=O) groups excluding carboxylic acids is 1. The van der Waals surface area contributed by atoms with Crippen molar-refractivity contribution in [3.63, 3.8) is 0 Å². The van der Waals surface area contributed by atoms with E-state index in [4.69, 9.17) is 14.2 Å². The molecule has 1 fully saturated rings. The molecule has 3 aromatic rings. The molecule has 2 heterocycles. The van der Waals surface area contributed by atoms with Crippen LogP contribution in [0.2, 0.25) is 0 Å². The lowest BCUT2D eigenvalue weighted by Gasteiger charge is -2.27. The Morgan fingerprint density at radius 1 is 1.18 bits per heavy atom. The third-order valence-electron chi connectivity index (χ3n) is 5.50. The molecular formula is C24H25N3O6. The predicted molar refractivity (Wildman–Crippen MR) is 121 cm³/mol. The summed E-state index contributed by atoms with van der Waals surface area (Å²) in [7, 11) is 1.59. The summed E-state index contributed by atoms with van der Waals surface area (Å²) in [6.45, 7) is -0.132. The van der Waals surface area contributed by atoms with Gasteiger partial charge >= 0.3 is 5.69 Å². The maximum absolute atomic E-state index is 12.6. The highest BCUT2D eigenvalue weighted by molar-refractivity contribution is 6.03. The van der Waals surface area contributed by atoms with Crippen LogP contribution in [0.5, 0.6) is 11.5 Å². The zero-order valence-corrected chi connectivity index (χ0v) is 18.1. The summed E-state index contributed by atoms with van der Waals surface area (Å²) in [5.74, 6) is 1.13. The van der Waals surface area contributed by atoms with Crippen molar-refractivity contribution in [2.24, 2.45) is 0 Å². The van der Waals surface area contributed by atoms with Crippen LogP contribution in [0.15, 0.2) is 71.7 Å². The molecule has 0 saturated carbocycles. The average molecular weight is 451 g/mol. The first-order valence-corrected chi connectivity index (χ1v) is 10.5. The highest BCUT2D eigenvalue weighted by atomic mass is 16.6. The lowest BCUT2D eigenvalue weighted by atomic mass is 10.0. The van der Waals surface area contributed by atoms with Gasteiger partial charge in [-0.2, -0.15) is 4.98 Å². The Hall–Kier alpha value is -3.69. The average Bonchev–Trinajstić information content (AvgIpc) is 3.28.